The van der Waals surface area contributed by atoms with Crippen molar-refractivity contribution in [2.45, 2.75) is 25.3 Å². The van der Waals surface area contributed by atoms with Crippen LogP contribution in [0.15, 0.2) is 18.3 Å². The molecule has 1 aromatic heterocycles. The summed E-state index contributed by atoms with van der Waals surface area (Å²) in [4.78, 5) is 4.69. The minimum atomic E-state index is 0.0418. The SMILES string of the molecule is CC1(Nc2cc(C(N)=S)ccn2)CCOCC1. The molecule has 2 rings (SSSR count). The van der Waals surface area contributed by atoms with E-state index in [4.69, 9.17) is 22.7 Å². The highest BCUT2D eigenvalue weighted by atomic mass is 32.1. The smallest absolute Gasteiger partial charge is 0.127 e. The number of ether oxygens (including phenoxy) is 1. The summed E-state index contributed by atoms with van der Waals surface area (Å²) in [5, 5.41) is 3.45. The lowest BCUT2D eigenvalue weighted by Crippen LogP contribution is -2.40. The Balaban J connectivity index is 2.12. The largest absolute Gasteiger partial charge is 0.389 e. The molecule has 3 N–H and O–H groups in total. The second kappa shape index (κ2) is 4.98. The number of thiocarbonyl (C=S) groups is 1. The molecule has 5 heteroatoms. The summed E-state index contributed by atoms with van der Waals surface area (Å²) in [6.45, 7) is 3.77. The Morgan fingerprint density at radius 3 is 2.88 bits per heavy atom. The van der Waals surface area contributed by atoms with E-state index in [-0.39, 0.29) is 5.54 Å². The zero-order valence-electron chi connectivity index (χ0n) is 9.90. The number of hydrogen-bond donors (Lipinski definition) is 2. The van der Waals surface area contributed by atoms with Crippen LogP contribution in [0.2, 0.25) is 0 Å². The van der Waals surface area contributed by atoms with Crippen molar-refractivity contribution < 1.29 is 4.74 Å². The summed E-state index contributed by atoms with van der Waals surface area (Å²) >= 11 is 4.96. The van der Waals surface area contributed by atoms with E-state index >= 15 is 0 Å². The Morgan fingerprint density at radius 2 is 2.24 bits per heavy atom. The molecular formula is C12H17N3OS. The van der Waals surface area contributed by atoms with Crippen molar-refractivity contribution in [1.29, 1.82) is 0 Å². The van der Waals surface area contributed by atoms with Crippen LogP contribution in [0.4, 0.5) is 5.82 Å². The number of nitrogens with zero attached hydrogens (tertiary/aromatic N) is 1. The number of pyridine rings is 1. The molecule has 0 bridgehead atoms. The minimum Gasteiger partial charge on any atom is -0.389 e. The lowest BCUT2D eigenvalue weighted by atomic mass is 9.92. The molecule has 0 aliphatic carbocycles. The van der Waals surface area contributed by atoms with Crippen molar-refractivity contribution in [3.63, 3.8) is 0 Å². The molecule has 1 saturated heterocycles. The van der Waals surface area contributed by atoms with E-state index < -0.39 is 0 Å². The van der Waals surface area contributed by atoms with Gasteiger partial charge in [-0.15, -0.1) is 0 Å². The fourth-order valence-electron chi connectivity index (χ4n) is 1.91. The maximum Gasteiger partial charge on any atom is 0.127 e. The predicted molar refractivity (Wildman–Crippen MR) is 72.2 cm³/mol. The molecular weight excluding hydrogens is 234 g/mol. The second-order valence-electron chi connectivity index (χ2n) is 4.59. The highest BCUT2D eigenvalue weighted by Gasteiger charge is 2.27. The topological polar surface area (TPSA) is 60.2 Å². The zero-order chi connectivity index (χ0) is 12.3. The van der Waals surface area contributed by atoms with Crippen molar-refractivity contribution in [3.05, 3.63) is 23.9 Å². The molecule has 2 heterocycles. The third-order valence-electron chi connectivity index (χ3n) is 3.07. The second-order valence-corrected chi connectivity index (χ2v) is 5.03. The van der Waals surface area contributed by atoms with Crippen LogP contribution in [0.3, 0.4) is 0 Å². The summed E-state index contributed by atoms with van der Waals surface area (Å²) in [6, 6.07) is 3.71. The molecule has 1 aromatic rings. The lowest BCUT2D eigenvalue weighted by Gasteiger charge is -2.35. The number of aromatic nitrogens is 1. The van der Waals surface area contributed by atoms with Crippen molar-refractivity contribution in [2.24, 2.45) is 5.73 Å². The first-order valence-corrected chi connectivity index (χ1v) is 6.12. The third-order valence-corrected chi connectivity index (χ3v) is 3.31. The standard InChI is InChI=1S/C12H17N3OS/c1-12(3-6-16-7-4-12)15-10-8-9(11(13)17)2-5-14-10/h2,5,8H,3-4,6-7H2,1H3,(H2,13,17)(H,14,15). The van der Waals surface area contributed by atoms with Crippen molar-refractivity contribution >= 4 is 23.0 Å². The van der Waals surface area contributed by atoms with Gasteiger partial charge in [-0.3, -0.25) is 0 Å². The van der Waals surface area contributed by atoms with Gasteiger partial charge in [-0.25, -0.2) is 4.98 Å². The highest BCUT2D eigenvalue weighted by molar-refractivity contribution is 7.80. The van der Waals surface area contributed by atoms with Crippen LogP contribution in [0.25, 0.3) is 0 Å². The van der Waals surface area contributed by atoms with Gasteiger partial charge < -0.3 is 15.8 Å². The summed E-state index contributed by atoms with van der Waals surface area (Å²) < 4.78 is 5.36. The van der Waals surface area contributed by atoms with Crippen LogP contribution in [0.1, 0.15) is 25.3 Å². The fraction of sp³-hybridized carbons (Fsp3) is 0.500. The first-order chi connectivity index (χ1) is 8.09. The van der Waals surface area contributed by atoms with Gasteiger partial charge >= 0.3 is 0 Å². The molecule has 4 nitrogen and oxygen atoms in total. The molecule has 0 aromatic carbocycles. The monoisotopic (exact) mass is 251 g/mol. The summed E-state index contributed by atoms with van der Waals surface area (Å²) in [5.74, 6) is 0.819. The maximum absolute atomic E-state index is 5.60. The summed E-state index contributed by atoms with van der Waals surface area (Å²) in [6.07, 6.45) is 3.68. The highest BCUT2D eigenvalue weighted by Crippen LogP contribution is 2.24. The maximum atomic E-state index is 5.60. The number of rotatable bonds is 3. The van der Waals surface area contributed by atoms with Gasteiger partial charge in [-0.2, -0.15) is 0 Å². The molecule has 17 heavy (non-hydrogen) atoms. The van der Waals surface area contributed by atoms with Crippen molar-refractivity contribution in [1.82, 2.24) is 4.98 Å². The average molecular weight is 251 g/mol. The van der Waals surface area contributed by atoms with Crippen LogP contribution >= 0.6 is 12.2 Å². The molecule has 1 fully saturated rings. The molecule has 0 amide bonds. The minimum absolute atomic E-state index is 0.0418. The van der Waals surface area contributed by atoms with E-state index in [0.717, 1.165) is 37.4 Å². The van der Waals surface area contributed by atoms with Crippen LogP contribution in [-0.2, 0) is 4.74 Å². The van der Waals surface area contributed by atoms with Gasteiger partial charge in [0.25, 0.3) is 0 Å². The van der Waals surface area contributed by atoms with E-state index in [1.54, 1.807) is 6.20 Å². The van der Waals surface area contributed by atoms with Gasteiger partial charge in [0.1, 0.15) is 10.8 Å². The Bertz CT molecular complexity index is 416. The first-order valence-electron chi connectivity index (χ1n) is 5.71. The van der Waals surface area contributed by atoms with Gasteiger partial charge in [0, 0.05) is 30.5 Å². The average Bonchev–Trinajstić information content (AvgIpc) is 2.29. The number of hydrogen-bond acceptors (Lipinski definition) is 4. The summed E-state index contributed by atoms with van der Waals surface area (Å²) in [5.41, 5.74) is 6.49. The number of nitrogens with one attached hydrogen (secondary N) is 1. The van der Waals surface area contributed by atoms with E-state index in [2.05, 4.69) is 17.2 Å². The van der Waals surface area contributed by atoms with E-state index in [9.17, 15) is 0 Å². The van der Waals surface area contributed by atoms with Gasteiger partial charge in [-0.1, -0.05) is 12.2 Å². The fourth-order valence-corrected chi connectivity index (χ4v) is 2.04. The van der Waals surface area contributed by atoms with Gasteiger partial charge in [0.2, 0.25) is 0 Å². The van der Waals surface area contributed by atoms with Gasteiger partial charge in [0.05, 0.1) is 0 Å². The normalized spacial score (nSPS) is 18.6. The third kappa shape index (κ3) is 3.14. The molecule has 92 valence electrons. The van der Waals surface area contributed by atoms with E-state index in [0.29, 0.717) is 4.99 Å². The number of anilines is 1. The van der Waals surface area contributed by atoms with Crippen LogP contribution in [-0.4, -0.2) is 28.7 Å². The number of nitrogens with two attached hydrogens (primary N) is 1. The Hall–Kier alpha value is -1.20. The van der Waals surface area contributed by atoms with Crippen LogP contribution in [0, 0.1) is 0 Å². The van der Waals surface area contributed by atoms with Gasteiger partial charge in [-0.05, 0) is 31.9 Å². The van der Waals surface area contributed by atoms with Crippen LogP contribution in [0.5, 0.6) is 0 Å². The Morgan fingerprint density at radius 1 is 1.53 bits per heavy atom. The lowest BCUT2D eigenvalue weighted by molar-refractivity contribution is 0.0657. The predicted octanol–water partition coefficient (Wildman–Crippen LogP) is 1.70. The Labute approximate surface area is 107 Å². The molecule has 0 saturated carbocycles. The molecule has 0 atom stereocenters. The van der Waals surface area contributed by atoms with Crippen molar-refractivity contribution in [2.75, 3.05) is 18.5 Å². The molecule has 1 aliphatic rings. The molecule has 0 unspecified atom stereocenters. The first kappa shape index (κ1) is 12.3. The van der Waals surface area contributed by atoms with Crippen LogP contribution < -0.4 is 11.1 Å². The zero-order valence-corrected chi connectivity index (χ0v) is 10.7. The van der Waals surface area contributed by atoms with Gasteiger partial charge in [0.15, 0.2) is 0 Å². The Kier molecular flexibility index (Phi) is 3.59. The molecule has 0 spiro atoms. The summed E-state index contributed by atoms with van der Waals surface area (Å²) in [7, 11) is 0. The molecule has 1 aliphatic heterocycles. The van der Waals surface area contributed by atoms with E-state index in [1.165, 1.54) is 0 Å². The quantitative estimate of drug-likeness (QED) is 0.801. The van der Waals surface area contributed by atoms with Crippen molar-refractivity contribution in [3.8, 4) is 0 Å². The molecule has 0 radical (unpaired) electrons. The van der Waals surface area contributed by atoms with E-state index in [1.807, 2.05) is 12.1 Å².